The van der Waals surface area contributed by atoms with E-state index in [1.165, 1.54) is 0 Å². The van der Waals surface area contributed by atoms with Crippen molar-refractivity contribution in [3.05, 3.63) is 24.3 Å². The predicted octanol–water partition coefficient (Wildman–Crippen LogP) is 1.34. The van der Waals surface area contributed by atoms with Gasteiger partial charge < -0.3 is 9.64 Å². The minimum Gasteiger partial charge on any atom is -0.482 e. The highest BCUT2D eigenvalue weighted by molar-refractivity contribution is 7.80. The molecule has 3 nitrogen and oxygen atoms in total. The first-order valence-electron chi connectivity index (χ1n) is 4.46. The van der Waals surface area contributed by atoms with Crippen molar-refractivity contribution in [3.63, 3.8) is 0 Å². The van der Waals surface area contributed by atoms with Crippen LogP contribution in [0.5, 0.6) is 5.75 Å². The van der Waals surface area contributed by atoms with Crippen LogP contribution in [0.4, 0.5) is 5.69 Å². The number of nitrogens with zero attached hydrogens (tertiary/aromatic N) is 1. The Bertz CT molecular complexity index is 354. The monoisotopic (exact) mass is 209 g/mol. The first-order chi connectivity index (χ1) is 6.83. The van der Waals surface area contributed by atoms with Gasteiger partial charge in [0.25, 0.3) is 5.91 Å². The molecule has 4 heteroatoms. The second-order valence-corrected chi connectivity index (χ2v) is 3.47. The third-order valence-corrected chi connectivity index (χ3v) is 2.33. The molecule has 0 aromatic heterocycles. The Labute approximate surface area is 88.1 Å². The highest BCUT2D eigenvalue weighted by atomic mass is 32.1. The van der Waals surface area contributed by atoms with Crippen LogP contribution in [-0.4, -0.2) is 24.8 Å². The highest BCUT2D eigenvalue weighted by Crippen LogP contribution is 2.31. The number of amides is 1. The molecule has 1 heterocycles. The summed E-state index contributed by atoms with van der Waals surface area (Å²) in [6, 6.07) is 7.54. The van der Waals surface area contributed by atoms with E-state index in [0.717, 1.165) is 11.4 Å². The zero-order valence-electron chi connectivity index (χ0n) is 7.64. The van der Waals surface area contributed by atoms with Gasteiger partial charge in [0.05, 0.1) is 5.69 Å². The van der Waals surface area contributed by atoms with Gasteiger partial charge in [0.2, 0.25) is 0 Å². The van der Waals surface area contributed by atoms with Gasteiger partial charge in [0.1, 0.15) is 5.75 Å². The maximum atomic E-state index is 11.5. The van der Waals surface area contributed by atoms with E-state index >= 15 is 0 Å². The number of para-hydroxylation sites is 2. The van der Waals surface area contributed by atoms with Gasteiger partial charge in [-0.15, -0.1) is 0 Å². The average Bonchev–Trinajstić information content (AvgIpc) is 2.23. The molecule has 0 N–H and O–H groups in total. The number of hydrogen-bond donors (Lipinski definition) is 1. The molecule has 0 saturated carbocycles. The topological polar surface area (TPSA) is 29.5 Å². The minimum atomic E-state index is -0.00208. The molecule has 0 aliphatic carbocycles. The number of rotatable bonds is 2. The lowest BCUT2D eigenvalue weighted by Gasteiger charge is -2.28. The van der Waals surface area contributed by atoms with E-state index in [0.29, 0.717) is 12.3 Å². The van der Waals surface area contributed by atoms with Crippen LogP contribution in [-0.2, 0) is 4.79 Å². The van der Waals surface area contributed by atoms with Crippen LogP contribution in [0.1, 0.15) is 0 Å². The van der Waals surface area contributed by atoms with Crippen molar-refractivity contribution < 1.29 is 9.53 Å². The van der Waals surface area contributed by atoms with Crippen LogP contribution in [0.25, 0.3) is 0 Å². The van der Waals surface area contributed by atoms with Crippen molar-refractivity contribution in [2.45, 2.75) is 0 Å². The second kappa shape index (κ2) is 3.92. The van der Waals surface area contributed by atoms with Gasteiger partial charge in [0, 0.05) is 12.3 Å². The zero-order valence-corrected chi connectivity index (χ0v) is 8.54. The van der Waals surface area contributed by atoms with Crippen molar-refractivity contribution in [2.24, 2.45) is 0 Å². The lowest BCUT2D eigenvalue weighted by Crippen LogP contribution is -2.39. The Morgan fingerprint density at radius 3 is 3.00 bits per heavy atom. The molecule has 1 aromatic carbocycles. The molecule has 0 unspecified atom stereocenters. The number of fused-ring (bicyclic) bond motifs is 1. The van der Waals surface area contributed by atoms with E-state index in [9.17, 15) is 4.79 Å². The van der Waals surface area contributed by atoms with E-state index in [4.69, 9.17) is 4.74 Å². The van der Waals surface area contributed by atoms with Gasteiger partial charge in [0.15, 0.2) is 6.61 Å². The Kier molecular flexibility index (Phi) is 2.63. The van der Waals surface area contributed by atoms with Gasteiger partial charge in [-0.3, -0.25) is 4.79 Å². The number of carbonyl (C=O) groups is 1. The maximum Gasteiger partial charge on any atom is 0.265 e. The zero-order chi connectivity index (χ0) is 9.97. The minimum absolute atomic E-state index is 0.00208. The molecule has 14 heavy (non-hydrogen) atoms. The van der Waals surface area contributed by atoms with Crippen LogP contribution >= 0.6 is 12.6 Å². The molecule has 1 aromatic rings. The molecule has 1 aliphatic heterocycles. The summed E-state index contributed by atoms with van der Waals surface area (Å²) < 4.78 is 5.30. The highest BCUT2D eigenvalue weighted by Gasteiger charge is 2.23. The summed E-state index contributed by atoms with van der Waals surface area (Å²) in [7, 11) is 0. The third kappa shape index (κ3) is 1.57. The molecule has 1 aliphatic rings. The van der Waals surface area contributed by atoms with E-state index in [2.05, 4.69) is 12.6 Å². The van der Waals surface area contributed by atoms with Gasteiger partial charge >= 0.3 is 0 Å². The number of hydrogen-bond acceptors (Lipinski definition) is 3. The second-order valence-electron chi connectivity index (χ2n) is 3.03. The van der Waals surface area contributed by atoms with Crippen LogP contribution < -0.4 is 9.64 Å². The Hall–Kier alpha value is -1.16. The maximum absolute atomic E-state index is 11.5. The summed E-state index contributed by atoms with van der Waals surface area (Å²) in [6.07, 6.45) is 0. The van der Waals surface area contributed by atoms with E-state index < -0.39 is 0 Å². The van der Waals surface area contributed by atoms with Gasteiger partial charge in [-0.2, -0.15) is 12.6 Å². The van der Waals surface area contributed by atoms with Crippen molar-refractivity contribution >= 4 is 24.2 Å². The van der Waals surface area contributed by atoms with Gasteiger partial charge in [-0.25, -0.2) is 0 Å². The molecule has 0 spiro atoms. The molecular formula is C10H11NO2S. The first kappa shape index (κ1) is 9.40. The Balaban J connectivity index is 2.36. The lowest BCUT2D eigenvalue weighted by atomic mass is 10.2. The fraction of sp³-hybridized carbons (Fsp3) is 0.300. The Morgan fingerprint density at radius 1 is 1.43 bits per heavy atom. The third-order valence-electron chi connectivity index (χ3n) is 2.13. The smallest absolute Gasteiger partial charge is 0.265 e. The number of ether oxygens (including phenoxy) is 1. The molecule has 74 valence electrons. The van der Waals surface area contributed by atoms with Crippen LogP contribution in [0.15, 0.2) is 24.3 Å². The first-order valence-corrected chi connectivity index (χ1v) is 5.09. The van der Waals surface area contributed by atoms with Crippen molar-refractivity contribution in [2.75, 3.05) is 23.8 Å². The molecule has 0 saturated heterocycles. The predicted molar refractivity (Wildman–Crippen MR) is 58.1 cm³/mol. The fourth-order valence-corrected chi connectivity index (χ4v) is 1.70. The number of carbonyl (C=O) groups excluding carboxylic acids is 1. The van der Waals surface area contributed by atoms with Crippen LogP contribution in [0, 0.1) is 0 Å². The molecular weight excluding hydrogens is 198 g/mol. The molecule has 0 atom stereocenters. The van der Waals surface area contributed by atoms with Gasteiger partial charge in [-0.05, 0) is 12.1 Å². The summed E-state index contributed by atoms with van der Waals surface area (Å²) in [4.78, 5) is 13.2. The fourth-order valence-electron chi connectivity index (χ4n) is 1.50. The van der Waals surface area contributed by atoms with Crippen molar-refractivity contribution in [1.82, 2.24) is 0 Å². The van der Waals surface area contributed by atoms with E-state index in [1.807, 2.05) is 24.3 Å². The SMILES string of the molecule is O=C1COc2ccccc2N1CCS. The van der Waals surface area contributed by atoms with Crippen molar-refractivity contribution in [3.8, 4) is 5.75 Å². The number of anilines is 1. The Morgan fingerprint density at radius 2 is 2.21 bits per heavy atom. The largest absolute Gasteiger partial charge is 0.482 e. The van der Waals surface area contributed by atoms with E-state index in [1.54, 1.807) is 4.90 Å². The molecule has 1 amide bonds. The van der Waals surface area contributed by atoms with Crippen molar-refractivity contribution in [1.29, 1.82) is 0 Å². The number of thiol groups is 1. The van der Waals surface area contributed by atoms with Crippen LogP contribution in [0.3, 0.4) is 0 Å². The lowest BCUT2D eigenvalue weighted by molar-refractivity contribution is -0.121. The molecule has 0 bridgehead atoms. The number of benzene rings is 1. The summed E-state index contributed by atoms with van der Waals surface area (Å²) in [5.74, 6) is 1.42. The summed E-state index contributed by atoms with van der Waals surface area (Å²) in [5.41, 5.74) is 0.845. The quantitative estimate of drug-likeness (QED) is 0.745. The van der Waals surface area contributed by atoms with E-state index in [-0.39, 0.29) is 12.5 Å². The molecule has 2 rings (SSSR count). The van der Waals surface area contributed by atoms with Crippen LogP contribution in [0.2, 0.25) is 0 Å². The summed E-state index contributed by atoms with van der Waals surface area (Å²) in [6.45, 7) is 0.757. The molecule has 0 fully saturated rings. The summed E-state index contributed by atoms with van der Waals surface area (Å²) in [5, 5.41) is 0. The standard InChI is InChI=1S/C10H11NO2S/c12-10-7-13-9-4-2-1-3-8(9)11(10)5-6-14/h1-4,14H,5-7H2. The summed E-state index contributed by atoms with van der Waals surface area (Å²) >= 11 is 4.13. The van der Waals surface area contributed by atoms with Gasteiger partial charge in [-0.1, -0.05) is 12.1 Å². The molecule has 0 radical (unpaired) electrons. The average molecular weight is 209 g/mol. The normalized spacial score (nSPS) is 14.9.